The van der Waals surface area contributed by atoms with Crippen LogP contribution in [-0.4, -0.2) is 34.3 Å². The van der Waals surface area contributed by atoms with Crippen molar-refractivity contribution in [1.29, 1.82) is 0 Å². The summed E-state index contributed by atoms with van der Waals surface area (Å²) in [6.45, 7) is -0.00647. The number of rotatable bonds is 6. The molecule has 0 bridgehead atoms. The number of carbonyl (C=O) groups excluding carboxylic acids is 1. The minimum Gasteiger partial charge on any atom is -0.480 e. The third-order valence-electron chi connectivity index (χ3n) is 2.20. The zero-order chi connectivity index (χ0) is 12.7. The number of carboxylic acids is 1. The first-order valence-electron chi connectivity index (χ1n) is 5.23. The van der Waals surface area contributed by atoms with Crippen molar-refractivity contribution in [2.45, 2.75) is 13.0 Å². The molecule has 5 heteroatoms. The third kappa shape index (κ3) is 4.87. The summed E-state index contributed by atoms with van der Waals surface area (Å²) in [5.41, 5.74) is 0.900. The Morgan fingerprint density at radius 2 is 1.88 bits per heavy atom. The van der Waals surface area contributed by atoms with Crippen molar-refractivity contribution in [1.82, 2.24) is 4.90 Å². The highest BCUT2D eigenvalue weighted by Gasteiger charge is 2.16. The number of hydrogen-bond donors (Lipinski definition) is 1. The third-order valence-corrected chi connectivity index (χ3v) is 2.39. The molecule has 0 saturated heterocycles. The Balaban J connectivity index is 2.70. The molecule has 0 heterocycles. The van der Waals surface area contributed by atoms with Gasteiger partial charge in [-0.25, -0.2) is 0 Å². The van der Waals surface area contributed by atoms with E-state index >= 15 is 0 Å². The van der Waals surface area contributed by atoms with Gasteiger partial charge in [-0.15, -0.1) is 11.6 Å². The van der Waals surface area contributed by atoms with Crippen LogP contribution in [-0.2, 0) is 16.1 Å². The molecule has 0 atom stereocenters. The fraction of sp³-hybridized carbons (Fsp3) is 0.333. The van der Waals surface area contributed by atoms with Crippen molar-refractivity contribution < 1.29 is 14.7 Å². The summed E-state index contributed by atoms with van der Waals surface area (Å²) < 4.78 is 0. The van der Waals surface area contributed by atoms with Crippen LogP contribution in [0.2, 0.25) is 0 Å². The quantitative estimate of drug-likeness (QED) is 0.788. The second-order valence-corrected chi connectivity index (χ2v) is 3.95. The van der Waals surface area contributed by atoms with Gasteiger partial charge in [0.1, 0.15) is 6.54 Å². The van der Waals surface area contributed by atoms with E-state index < -0.39 is 5.97 Å². The molecule has 0 aromatic heterocycles. The lowest BCUT2D eigenvalue weighted by Crippen LogP contribution is -2.35. The standard InChI is InChI=1S/C12H14ClNO3/c13-7-6-11(15)14(9-12(16)17)8-10-4-2-1-3-5-10/h1-5H,6-9H2,(H,16,17). The highest BCUT2D eigenvalue weighted by molar-refractivity contribution is 6.18. The van der Waals surface area contributed by atoms with Crippen LogP contribution < -0.4 is 0 Å². The maximum absolute atomic E-state index is 11.7. The lowest BCUT2D eigenvalue weighted by atomic mass is 10.2. The van der Waals surface area contributed by atoms with E-state index in [0.29, 0.717) is 6.54 Å². The first-order valence-corrected chi connectivity index (χ1v) is 5.76. The molecule has 0 saturated carbocycles. The Kier molecular flexibility index (Phi) is 5.49. The summed E-state index contributed by atoms with van der Waals surface area (Å²) in [6, 6.07) is 9.26. The number of alkyl halides is 1. The molecule has 1 aromatic rings. The van der Waals surface area contributed by atoms with Crippen LogP contribution in [0.25, 0.3) is 0 Å². The zero-order valence-corrected chi connectivity index (χ0v) is 10.1. The predicted molar refractivity (Wildman–Crippen MR) is 64.8 cm³/mol. The van der Waals surface area contributed by atoms with Gasteiger partial charge in [-0.2, -0.15) is 0 Å². The molecule has 0 aliphatic rings. The van der Waals surface area contributed by atoms with Crippen LogP contribution in [0.4, 0.5) is 0 Å². The van der Waals surface area contributed by atoms with Crippen LogP contribution in [0.15, 0.2) is 30.3 Å². The monoisotopic (exact) mass is 255 g/mol. The molecule has 1 amide bonds. The number of nitrogens with zero attached hydrogens (tertiary/aromatic N) is 1. The van der Waals surface area contributed by atoms with Gasteiger partial charge < -0.3 is 10.0 Å². The van der Waals surface area contributed by atoms with Crippen molar-refractivity contribution in [2.75, 3.05) is 12.4 Å². The Morgan fingerprint density at radius 1 is 1.24 bits per heavy atom. The lowest BCUT2D eigenvalue weighted by molar-refractivity contribution is -0.144. The SMILES string of the molecule is O=C(O)CN(Cc1ccccc1)C(=O)CCCl. The van der Waals surface area contributed by atoms with Gasteiger partial charge in [0.05, 0.1) is 0 Å². The van der Waals surface area contributed by atoms with Crippen LogP contribution in [0.5, 0.6) is 0 Å². The van der Waals surface area contributed by atoms with Crippen molar-refractivity contribution in [3.05, 3.63) is 35.9 Å². The number of hydrogen-bond acceptors (Lipinski definition) is 2. The molecule has 0 aliphatic heterocycles. The van der Waals surface area contributed by atoms with E-state index in [1.54, 1.807) is 0 Å². The number of aliphatic carboxylic acids is 1. The zero-order valence-electron chi connectivity index (χ0n) is 9.30. The maximum atomic E-state index is 11.7. The molecule has 4 nitrogen and oxygen atoms in total. The topological polar surface area (TPSA) is 57.6 Å². The van der Waals surface area contributed by atoms with Gasteiger partial charge in [-0.1, -0.05) is 30.3 Å². The Hall–Kier alpha value is -1.55. The highest BCUT2D eigenvalue weighted by atomic mass is 35.5. The molecule has 0 unspecified atom stereocenters. The summed E-state index contributed by atoms with van der Waals surface area (Å²) in [4.78, 5) is 23.6. The minimum atomic E-state index is -1.02. The molecule has 0 aliphatic carbocycles. The molecule has 0 spiro atoms. The number of amides is 1. The summed E-state index contributed by atoms with van der Waals surface area (Å²) in [5, 5.41) is 8.75. The average molecular weight is 256 g/mol. The maximum Gasteiger partial charge on any atom is 0.323 e. The molecule has 0 radical (unpaired) electrons. The summed E-state index contributed by atoms with van der Waals surface area (Å²) in [6.07, 6.45) is 0.154. The number of halogens is 1. The van der Waals surface area contributed by atoms with Gasteiger partial charge >= 0.3 is 5.97 Å². The van der Waals surface area contributed by atoms with Gasteiger partial charge in [-0.3, -0.25) is 9.59 Å². The molecule has 92 valence electrons. The second-order valence-electron chi connectivity index (χ2n) is 3.57. The number of carboxylic acid groups (broad SMARTS) is 1. The van der Waals surface area contributed by atoms with Gasteiger partial charge in [0.15, 0.2) is 0 Å². The molecular weight excluding hydrogens is 242 g/mol. The minimum absolute atomic E-state index is 0.154. The van der Waals surface area contributed by atoms with Crippen molar-refractivity contribution in [3.63, 3.8) is 0 Å². The first kappa shape index (κ1) is 13.5. The Labute approximate surface area is 105 Å². The van der Waals surface area contributed by atoms with Gasteiger partial charge in [-0.05, 0) is 5.56 Å². The van der Waals surface area contributed by atoms with Gasteiger partial charge in [0, 0.05) is 18.8 Å². The summed E-state index contributed by atoms with van der Waals surface area (Å²) >= 11 is 5.49. The van der Waals surface area contributed by atoms with E-state index in [1.165, 1.54) is 4.90 Å². The molecule has 0 fully saturated rings. The van der Waals surface area contributed by atoms with Crippen molar-refractivity contribution >= 4 is 23.5 Å². The van der Waals surface area contributed by atoms with Crippen molar-refractivity contribution in [3.8, 4) is 0 Å². The van der Waals surface area contributed by atoms with E-state index in [0.717, 1.165) is 5.56 Å². The molecular formula is C12H14ClNO3. The lowest BCUT2D eigenvalue weighted by Gasteiger charge is -2.20. The van der Waals surface area contributed by atoms with Crippen LogP contribution >= 0.6 is 11.6 Å². The number of carbonyl (C=O) groups is 2. The molecule has 1 rings (SSSR count). The molecule has 17 heavy (non-hydrogen) atoms. The van der Waals surface area contributed by atoms with Crippen molar-refractivity contribution in [2.24, 2.45) is 0 Å². The molecule has 1 N–H and O–H groups in total. The van der Waals surface area contributed by atoms with Crippen LogP contribution in [0, 0.1) is 0 Å². The van der Waals surface area contributed by atoms with E-state index in [1.807, 2.05) is 30.3 Å². The fourth-order valence-electron chi connectivity index (χ4n) is 1.44. The van der Waals surface area contributed by atoms with E-state index in [9.17, 15) is 9.59 Å². The second kappa shape index (κ2) is 6.91. The smallest absolute Gasteiger partial charge is 0.323 e. The van der Waals surface area contributed by atoms with Crippen LogP contribution in [0.1, 0.15) is 12.0 Å². The predicted octanol–water partition coefficient (Wildman–Crippen LogP) is 1.73. The number of benzene rings is 1. The summed E-state index contributed by atoms with van der Waals surface area (Å²) in [7, 11) is 0. The molecule has 1 aromatic carbocycles. The normalized spacial score (nSPS) is 9.94. The van der Waals surface area contributed by atoms with E-state index in [4.69, 9.17) is 16.7 Å². The fourth-order valence-corrected chi connectivity index (χ4v) is 1.60. The average Bonchev–Trinajstić information content (AvgIpc) is 2.29. The van der Waals surface area contributed by atoms with E-state index in [-0.39, 0.29) is 24.8 Å². The first-order chi connectivity index (χ1) is 8.13. The van der Waals surface area contributed by atoms with Crippen LogP contribution in [0.3, 0.4) is 0 Å². The van der Waals surface area contributed by atoms with Gasteiger partial charge in [0.25, 0.3) is 0 Å². The largest absolute Gasteiger partial charge is 0.480 e. The Bertz CT molecular complexity index is 381. The Morgan fingerprint density at radius 3 is 2.41 bits per heavy atom. The van der Waals surface area contributed by atoms with E-state index in [2.05, 4.69) is 0 Å². The summed E-state index contributed by atoms with van der Waals surface area (Å²) in [5.74, 6) is -1.07. The van der Waals surface area contributed by atoms with Gasteiger partial charge in [0.2, 0.25) is 5.91 Å². The highest BCUT2D eigenvalue weighted by Crippen LogP contribution is 2.06.